The first-order valence-electron chi connectivity index (χ1n) is 6.00. The predicted octanol–water partition coefficient (Wildman–Crippen LogP) is 3.64. The molecule has 0 radical (unpaired) electrons. The summed E-state index contributed by atoms with van der Waals surface area (Å²) >= 11 is 3.24. The maximum atomic E-state index is 12.2. The largest absolute Gasteiger partial charge is 0.321 e. The van der Waals surface area contributed by atoms with Crippen LogP contribution in [0.1, 0.15) is 10.4 Å². The Morgan fingerprint density at radius 1 is 1.10 bits per heavy atom. The van der Waals surface area contributed by atoms with E-state index in [9.17, 15) is 4.79 Å². The van der Waals surface area contributed by atoms with Crippen LogP contribution in [0.5, 0.6) is 0 Å². The van der Waals surface area contributed by atoms with Crippen molar-refractivity contribution < 1.29 is 4.79 Å². The van der Waals surface area contributed by atoms with Gasteiger partial charge >= 0.3 is 0 Å². The Labute approximate surface area is 124 Å². The van der Waals surface area contributed by atoms with E-state index in [-0.39, 0.29) is 5.91 Å². The first-order valence-corrected chi connectivity index (χ1v) is 6.79. The first-order chi connectivity index (χ1) is 9.74. The molecular weight excluding hydrogens is 318 g/mol. The zero-order valence-electron chi connectivity index (χ0n) is 10.4. The summed E-state index contributed by atoms with van der Waals surface area (Å²) < 4.78 is 0.698. The highest BCUT2D eigenvalue weighted by molar-refractivity contribution is 9.10. The number of amides is 1. The molecule has 1 amide bonds. The third-order valence-electron chi connectivity index (χ3n) is 2.92. The standard InChI is InChI=1S/C15H10BrN3O/c16-14-5-4-11(8-18-14)15(20)19-13-3-1-2-10-6-7-17-9-12(10)13/h1-9H,(H,19,20). The van der Waals surface area contributed by atoms with Gasteiger partial charge in [-0.1, -0.05) is 12.1 Å². The second-order valence-electron chi connectivity index (χ2n) is 4.23. The number of hydrogen-bond donors (Lipinski definition) is 1. The van der Waals surface area contributed by atoms with E-state index in [1.54, 1.807) is 24.5 Å². The predicted molar refractivity (Wildman–Crippen MR) is 81.6 cm³/mol. The number of fused-ring (bicyclic) bond motifs is 1. The number of aromatic nitrogens is 2. The van der Waals surface area contributed by atoms with E-state index in [1.807, 2.05) is 24.3 Å². The van der Waals surface area contributed by atoms with Gasteiger partial charge in [-0.15, -0.1) is 0 Å². The van der Waals surface area contributed by atoms with E-state index in [1.165, 1.54) is 6.20 Å². The van der Waals surface area contributed by atoms with Crippen molar-refractivity contribution in [1.29, 1.82) is 0 Å². The molecule has 1 aromatic carbocycles. The van der Waals surface area contributed by atoms with Crippen molar-refractivity contribution in [2.75, 3.05) is 5.32 Å². The van der Waals surface area contributed by atoms with Crippen molar-refractivity contribution in [3.8, 4) is 0 Å². The average molecular weight is 328 g/mol. The SMILES string of the molecule is O=C(Nc1cccc2ccncc12)c1ccc(Br)nc1. The van der Waals surface area contributed by atoms with Crippen LogP contribution >= 0.6 is 15.9 Å². The smallest absolute Gasteiger partial charge is 0.257 e. The van der Waals surface area contributed by atoms with Crippen molar-refractivity contribution >= 4 is 38.3 Å². The second-order valence-corrected chi connectivity index (χ2v) is 5.04. The molecule has 20 heavy (non-hydrogen) atoms. The van der Waals surface area contributed by atoms with E-state index >= 15 is 0 Å². The molecule has 0 saturated carbocycles. The Balaban J connectivity index is 1.93. The molecule has 0 aliphatic carbocycles. The third kappa shape index (κ3) is 2.53. The Morgan fingerprint density at radius 3 is 2.80 bits per heavy atom. The number of pyridine rings is 2. The van der Waals surface area contributed by atoms with E-state index in [0.29, 0.717) is 10.2 Å². The van der Waals surface area contributed by atoms with Crippen molar-refractivity contribution in [3.05, 3.63) is 65.2 Å². The maximum absolute atomic E-state index is 12.2. The van der Waals surface area contributed by atoms with Crippen LogP contribution in [0.25, 0.3) is 10.8 Å². The molecular formula is C15H10BrN3O. The van der Waals surface area contributed by atoms with Gasteiger partial charge in [-0.05, 0) is 45.6 Å². The van der Waals surface area contributed by atoms with Crippen LogP contribution in [0.4, 0.5) is 5.69 Å². The van der Waals surface area contributed by atoms with Gasteiger partial charge in [-0.3, -0.25) is 9.78 Å². The lowest BCUT2D eigenvalue weighted by Crippen LogP contribution is -2.12. The molecule has 5 heteroatoms. The minimum absolute atomic E-state index is 0.193. The topological polar surface area (TPSA) is 54.9 Å². The van der Waals surface area contributed by atoms with Crippen molar-refractivity contribution in [3.63, 3.8) is 0 Å². The van der Waals surface area contributed by atoms with Crippen molar-refractivity contribution in [2.45, 2.75) is 0 Å². The number of halogens is 1. The van der Waals surface area contributed by atoms with Gasteiger partial charge in [-0.2, -0.15) is 0 Å². The molecule has 0 saturated heterocycles. The lowest BCUT2D eigenvalue weighted by atomic mass is 10.1. The number of hydrogen-bond acceptors (Lipinski definition) is 3. The highest BCUT2D eigenvalue weighted by Crippen LogP contribution is 2.22. The Bertz CT molecular complexity index is 766. The van der Waals surface area contributed by atoms with Crippen LogP contribution in [-0.2, 0) is 0 Å². The van der Waals surface area contributed by atoms with Crippen LogP contribution < -0.4 is 5.32 Å². The highest BCUT2D eigenvalue weighted by Gasteiger charge is 2.08. The molecule has 0 atom stereocenters. The Kier molecular flexibility index (Phi) is 3.43. The number of benzene rings is 1. The number of carbonyl (C=O) groups excluding carboxylic acids is 1. The minimum Gasteiger partial charge on any atom is -0.321 e. The quantitative estimate of drug-likeness (QED) is 0.731. The fourth-order valence-electron chi connectivity index (χ4n) is 1.93. The molecule has 2 aromatic heterocycles. The lowest BCUT2D eigenvalue weighted by Gasteiger charge is -2.08. The van der Waals surface area contributed by atoms with Crippen molar-refractivity contribution in [1.82, 2.24) is 9.97 Å². The number of carbonyl (C=O) groups is 1. The van der Waals surface area contributed by atoms with Crippen LogP contribution in [0.3, 0.4) is 0 Å². The summed E-state index contributed by atoms with van der Waals surface area (Å²) in [6.07, 6.45) is 5.00. The molecule has 0 spiro atoms. The molecule has 1 N–H and O–H groups in total. The summed E-state index contributed by atoms with van der Waals surface area (Å²) in [5, 5.41) is 4.83. The van der Waals surface area contributed by atoms with Gasteiger partial charge in [0.2, 0.25) is 0 Å². The van der Waals surface area contributed by atoms with Gasteiger partial charge in [0.25, 0.3) is 5.91 Å². The molecule has 2 heterocycles. The molecule has 0 fully saturated rings. The van der Waals surface area contributed by atoms with Gasteiger partial charge in [-0.25, -0.2) is 4.98 Å². The van der Waals surface area contributed by atoms with Gasteiger partial charge in [0.1, 0.15) is 4.60 Å². The van der Waals surface area contributed by atoms with Crippen LogP contribution in [0, 0.1) is 0 Å². The van der Waals surface area contributed by atoms with E-state index in [2.05, 4.69) is 31.2 Å². The summed E-state index contributed by atoms with van der Waals surface area (Å²) in [4.78, 5) is 20.3. The summed E-state index contributed by atoms with van der Waals surface area (Å²) in [6, 6.07) is 11.1. The summed E-state index contributed by atoms with van der Waals surface area (Å²) in [6.45, 7) is 0. The number of nitrogens with one attached hydrogen (secondary N) is 1. The third-order valence-corrected chi connectivity index (χ3v) is 3.39. The van der Waals surface area contributed by atoms with Gasteiger partial charge in [0.15, 0.2) is 0 Å². The number of anilines is 1. The Hall–Kier alpha value is -2.27. The van der Waals surface area contributed by atoms with E-state index < -0.39 is 0 Å². The molecule has 3 rings (SSSR count). The maximum Gasteiger partial charge on any atom is 0.257 e. The fraction of sp³-hybridized carbons (Fsp3) is 0. The van der Waals surface area contributed by atoms with Crippen LogP contribution in [0.15, 0.2) is 59.6 Å². The average Bonchev–Trinajstić information content (AvgIpc) is 2.48. The van der Waals surface area contributed by atoms with Crippen molar-refractivity contribution in [2.24, 2.45) is 0 Å². The molecule has 0 aliphatic rings. The zero-order chi connectivity index (χ0) is 13.9. The molecule has 98 valence electrons. The molecule has 0 unspecified atom stereocenters. The summed E-state index contributed by atoms with van der Waals surface area (Å²) in [5.41, 5.74) is 1.25. The molecule has 4 nitrogen and oxygen atoms in total. The Morgan fingerprint density at radius 2 is 2.00 bits per heavy atom. The van der Waals surface area contributed by atoms with Crippen LogP contribution in [-0.4, -0.2) is 15.9 Å². The summed E-state index contributed by atoms with van der Waals surface area (Å²) in [5.74, 6) is -0.193. The normalized spacial score (nSPS) is 10.4. The second kappa shape index (κ2) is 5.38. The number of nitrogens with zero attached hydrogens (tertiary/aromatic N) is 2. The monoisotopic (exact) mass is 327 g/mol. The van der Waals surface area contributed by atoms with Gasteiger partial charge < -0.3 is 5.32 Å². The molecule has 0 bridgehead atoms. The number of rotatable bonds is 2. The molecule has 3 aromatic rings. The fourth-order valence-corrected chi connectivity index (χ4v) is 2.16. The van der Waals surface area contributed by atoms with E-state index in [4.69, 9.17) is 0 Å². The van der Waals surface area contributed by atoms with Gasteiger partial charge in [0, 0.05) is 24.0 Å². The van der Waals surface area contributed by atoms with E-state index in [0.717, 1.165) is 16.5 Å². The van der Waals surface area contributed by atoms with Crippen LogP contribution in [0.2, 0.25) is 0 Å². The highest BCUT2D eigenvalue weighted by atomic mass is 79.9. The lowest BCUT2D eigenvalue weighted by molar-refractivity contribution is 0.102. The summed E-state index contributed by atoms with van der Waals surface area (Å²) in [7, 11) is 0. The first kappa shape index (κ1) is 12.7. The minimum atomic E-state index is -0.193. The molecule has 0 aliphatic heterocycles. The van der Waals surface area contributed by atoms with Gasteiger partial charge in [0.05, 0.1) is 11.3 Å². The zero-order valence-corrected chi connectivity index (χ0v) is 12.0.